The Morgan fingerprint density at radius 2 is 2.14 bits per heavy atom. The van der Waals surface area contributed by atoms with E-state index in [1.165, 1.54) is 0 Å². The monoisotopic (exact) mass is 309 g/mol. The summed E-state index contributed by atoms with van der Waals surface area (Å²) in [6.07, 6.45) is 0.547. The molecule has 1 aliphatic heterocycles. The van der Waals surface area contributed by atoms with Crippen molar-refractivity contribution in [2.45, 2.75) is 19.0 Å². The number of hydrogen-bond acceptors (Lipinski definition) is 5. The van der Waals surface area contributed by atoms with Crippen molar-refractivity contribution < 1.29 is 22.7 Å². The lowest BCUT2D eigenvalue weighted by molar-refractivity contribution is 0.0696. The van der Waals surface area contributed by atoms with Crippen LogP contribution in [0.25, 0.3) is 11.0 Å². The van der Waals surface area contributed by atoms with Crippen LogP contribution in [0.5, 0.6) is 0 Å². The Kier molecular flexibility index (Phi) is 3.46. The minimum atomic E-state index is -2.96. The van der Waals surface area contributed by atoms with Gasteiger partial charge < -0.3 is 14.8 Å². The number of nitrogens with one attached hydrogen (secondary N) is 1. The van der Waals surface area contributed by atoms with E-state index < -0.39 is 15.8 Å². The van der Waals surface area contributed by atoms with Gasteiger partial charge in [-0.2, -0.15) is 0 Å². The fraction of sp³-hybridized carbons (Fsp3) is 0.357. The van der Waals surface area contributed by atoms with Crippen LogP contribution < -0.4 is 5.32 Å². The lowest BCUT2D eigenvalue weighted by atomic mass is 10.1. The zero-order chi connectivity index (χ0) is 15.0. The van der Waals surface area contributed by atoms with E-state index in [0.717, 1.165) is 0 Å². The third-order valence-electron chi connectivity index (χ3n) is 3.67. The average Bonchev–Trinajstić information content (AvgIpc) is 2.95. The Hall–Kier alpha value is -1.86. The molecule has 1 aromatic heterocycles. The SMILES string of the molecule is O=C(O)c1c(CNC2CCS(=O)(=O)C2)oc2ccccc12. The molecule has 0 saturated carbocycles. The number of para-hydroxylation sites is 1. The van der Waals surface area contributed by atoms with Crippen LogP contribution in [0.3, 0.4) is 0 Å². The summed E-state index contributed by atoms with van der Waals surface area (Å²) in [6.45, 7) is 0.205. The largest absolute Gasteiger partial charge is 0.478 e. The van der Waals surface area contributed by atoms with Crippen molar-refractivity contribution in [1.82, 2.24) is 5.32 Å². The minimum absolute atomic E-state index is 0.0929. The van der Waals surface area contributed by atoms with Gasteiger partial charge in [-0.05, 0) is 12.5 Å². The number of carboxylic acids is 1. The second-order valence-corrected chi connectivity index (χ2v) is 7.41. The van der Waals surface area contributed by atoms with Crippen LogP contribution in [0, 0.1) is 0 Å². The predicted octanol–water partition coefficient (Wildman–Crippen LogP) is 1.41. The van der Waals surface area contributed by atoms with Crippen molar-refractivity contribution >= 4 is 26.8 Å². The van der Waals surface area contributed by atoms with Gasteiger partial charge in [0.1, 0.15) is 16.9 Å². The molecule has 21 heavy (non-hydrogen) atoms. The normalized spacial score (nSPS) is 20.9. The zero-order valence-corrected chi connectivity index (χ0v) is 12.0. The van der Waals surface area contributed by atoms with Crippen LogP contribution in [0.1, 0.15) is 22.5 Å². The Bertz CT molecular complexity index is 793. The van der Waals surface area contributed by atoms with E-state index in [4.69, 9.17) is 4.42 Å². The molecular weight excluding hydrogens is 294 g/mol. The number of rotatable bonds is 4. The number of carbonyl (C=O) groups is 1. The van der Waals surface area contributed by atoms with Gasteiger partial charge in [0, 0.05) is 11.4 Å². The highest BCUT2D eigenvalue weighted by molar-refractivity contribution is 7.91. The van der Waals surface area contributed by atoms with Crippen LogP contribution in [0.2, 0.25) is 0 Å². The number of sulfone groups is 1. The summed E-state index contributed by atoms with van der Waals surface area (Å²) >= 11 is 0. The standard InChI is InChI=1S/C14H15NO5S/c16-14(17)13-10-3-1-2-4-11(10)20-12(13)7-15-9-5-6-21(18,19)8-9/h1-4,9,15H,5-8H2,(H,16,17). The molecule has 0 aliphatic carbocycles. The molecule has 112 valence electrons. The number of carboxylic acid groups (broad SMARTS) is 1. The van der Waals surface area contributed by atoms with Gasteiger partial charge in [0.2, 0.25) is 0 Å². The smallest absolute Gasteiger partial charge is 0.339 e. The number of furan rings is 1. The molecule has 0 radical (unpaired) electrons. The van der Waals surface area contributed by atoms with Crippen LogP contribution in [0.4, 0.5) is 0 Å². The quantitative estimate of drug-likeness (QED) is 0.886. The number of fused-ring (bicyclic) bond motifs is 1. The molecule has 1 saturated heterocycles. The third kappa shape index (κ3) is 2.79. The molecule has 2 heterocycles. The number of benzene rings is 1. The fourth-order valence-corrected chi connectivity index (χ4v) is 4.36. The van der Waals surface area contributed by atoms with Crippen LogP contribution >= 0.6 is 0 Å². The average molecular weight is 309 g/mol. The molecule has 6 nitrogen and oxygen atoms in total. The summed E-state index contributed by atoms with van der Waals surface area (Å²) in [5.74, 6) is -0.449. The predicted molar refractivity (Wildman–Crippen MR) is 77.1 cm³/mol. The molecular formula is C14H15NO5S. The highest BCUT2D eigenvalue weighted by Gasteiger charge is 2.28. The van der Waals surface area contributed by atoms with Crippen molar-refractivity contribution in [1.29, 1.82) is 0 Å². The van der Waals surface area contributed by atoms with Gasteiger partial charge in [-0.3, -0.25) is 0 Å². The van der Waals surface area contributed by atoms with E-state index in [2.05, 4.69) is 5.32 Å². The first-order valence-corrected chi connectivity index (χ1v) is 8.46. The first kappa shape index (κ1) is 14.1. The summed E-state index contributed by atoms with van der Waals surface area (Å²) < 4.78 is 28.4. The molecule has 3 rings (SSSR count). The molecule has 0 spiro atoms. The topological polar surface area (TPSA) is 96.6 Å². The van der Waals surface area contributed by atoms with E-state index in [1.54, 1.807) is 24.3 Å². The minimum Gasteiger partial charge on any atom is -0.478 e. The van der Waals surface area contributed by atoms with E-state index in [0.29, 0.717) is 23.2 Å². The van der Waals surface area contributed by atoms with Gasteiger partial charge in [0.05, 0.1) is 18.1 Å². The Labute approximate surface area is 121 Å². The first-order valence-electron chi connectivity index (χ1n) is 6.64. The molecule has 1 fully saturated rings. The maximum atomic E-state index is 11.4. The zero-order valence-electron chi connectivity index (χ0n) is 11.2. The van der Waals surface area contributed by atoms with Crippen LogP contribution in [-0.4, -0.2) is 37.0 Å². The summed E-state index contributed by atoms with van der Waals surface area (Å²) in [6, 6.07) is 6.80. The highest BCUT2D eigenvalue weighted by Crippen LogP contribution is 2.26. The highest BCUT2D eigenvalue weighted by atomic mass is 32.2. The number of hydrogen-bond donors (Lipinski definition) is 2. The van der Waals surface area contributed by atoms with Crippen molar-refractivity contribution in [3.8, 4) is 0 Å². The lowest BCUT2D eigenvalue weighted by Gasteiger charge is -2.09. The fourth-order valence-electron chi connectivity index (χ4n) is 2.65. The van der Waals surface area contributed by atoms with Gasteiger partial charge in [0.25, 0.3) is 0 Å². The molecule has 1 atom stereocenters. The van der Waals surface area contributed by atoms with Gasteiger partial charge >= 0.3 is 5.97 Å². The van der Waals surface area contributed by atoms with Crippen molar-refractivity contribution in [3.63, 3.8) is 0 Å². The van der Waals surface area contributed by atoms with E-state index in [1.807, 2.05) is 0 Å². The van der Waals surface area contributed by atoms with Gasteiger partial charge in [-0.15, -0.1) is 0 Å². The van der Waals surface area contributed by atoms with Crippen LogP contribution in [0.15, 0.2) is 28.7 Å². The third-order valence-corrected chi connectivity index (χ3v) is 5.43. The summed E-state index contributed by atoms with van der Waals surface area (Å²) in [5.41, 5.74) is 0.657. The van der Waals surface area contributed by atoms with Gasteiger partial charge in [-0.1, -0.05) is 18.2 Å². The van der Waals surface area contributed by atoms with E-state index in [9.17, 15) is 18.3 Å². The van der Waals surface area contributed by atoms with Gasteiger partial charge in [-0.25, -0.2) is 13.2 Å². The molecule has 2 aromatic rings. The lowest BCUT2D eigenvalue weighted by Crippen LogP contribution is -2.29. The molecule has 0 bridgehead atoms. The molecule has 0 amide bonds. The van der Waals surface area contributed by atoms with Gasteiger partial charge in [0.15, 0.2) is 9.84 Å². The molecule has 2 N–H and O–H groups in total. The first-order chi connectivity index (χ1) is 9.96. The summed E-state index contributed by atoms with van der Waals surface area (Å²) in [7, 11) is -2.96. The van der Waals surface area contributed by atoms with Crippen molar-refractivity contribution in [2.24, 2.45) is 0 Å². The van der Waals surface area contributed by atoms with E-state index in [-0.39, 0.29) is 29.7 Å². The second kappa shape index (κ2) is 5.16. The Balaban J connectivity index is 1.84. The summed E-state index contributed by atoms with van der Waals surface area (Å²) in [4.78, 5) is 11.4. The Morgan fingerprint density at radius 3 is 2.81 bits per heavy atom. The maximum Gasteiger partial charge on any atom is 0.339 e. The number of aromatic carboxylic acids is 1. The molecule has 1 unspecified atom stereocenters. The molecule has 7 heteroatoms. The molecule has 1 aliphatic rings. The second-order valence-electron chi connectivity index (χ2n) is 5.18. The summed E-state index contributed by atoms with van der Waals surface area (Å²) in [5, 5.41) is 13.0. The Morgan fingerprint density at radius 1 is 1.38 bits per heavy atom. The van der Waals surface area contributed by atoms with Crippen LogP contribution in [-0.2, 0) is 16.4 Å². The van der Waals surface area contributed by atoms with E-state index >= 15 is 0 Å². The van der Waals surface area contributed by atoms with Crippen molar-refractivity contribution in [2.75, 3.05) is 11.5 Å². The van der Waals surface area contributed by atoms with Crippen molar-refractivity contribution in [3.05, 3.63) is 35.6 Å². The maximum absolute atomic E-state index is 11.4. The molecule has 1 aromatic carbocycles.